The Balaban J connectivity index is 1.61. The van der Waals surface area contributed by atoms with E-state index in [0.29, 0.717) is 22.0 Å². The Morgan fingerprint density at radius 1 is 1.05 bits per heavy atom. The quantitative estimate of drug-likeness (QED) is 0.281. The van der Waals surface area contributed by atoms with Gasteiger partial charge in [0.05, 0.1) is 28.4 Å². The zero-order chi connectivity index (χ0) is 26.3. The summed E-state index contributed by atoms with van der Waals surface area (Å²) >= 11 is 1.51. The minimum atomic E-state index is -0.367. The number of pyridine rings is 1. The van der Waals surface area contributed by atoms with Crippen molar-refractivity contribution in [3.05, 3.63) is 81.2 Å². The predicted molar refractivity (Wildman–Crippen MR) is 151 cm³/mol. The molecule has 1 atom stereocenters. The summed E-state index contributed by atoms with van der Waals surface area (Å²) in [7, 11) is 0. The van der Waals surface area contributed by atoms with Crippen molar-refractivity contribution < 1.29 is 14.3 Å². The average Bonchev–Trinajstić information content (AvgIpc) is 3.20. The Morgan fingerprint density at radius 3 is 2.51 bits per heavy atom. The number of para-hydroxylation sites is 1. The molecule has 1 unspecified atom stereocenters. The van der Waals surface area contributed by atoms with Gasteiger partial charge in [-0.1, -0.05) is 55.0 Å². The minimum absolute atomic E-state index is 0.238. The number of nitrogens with one attached hydrogen (secondary N) is 1. The van der Waals surface area contributed by atoms with Crippen molar-refractivity contribution in [3.63, 3.8) is 0 Å². The third-order valence-electron chi connectivity index (χ3n) is 6.97. The molecule has 2 aromatic heterocycles. The first kappa shape index (κ1) is 25.2. The summed E-state index contributed by atoms with van der Waals surface area (Å²) in [6.07, 6.45) is 2.51. The monoisotopic (exact) mass is 512 g/mol. The van der Waals surface area contributed by atoms with Gasteiger partial charge in [-0.25, -0.2) is 9.78 Å². The highest BCUT2D eigenvalue weighted by atomic mass is 32.1. The number of rotatable bonds is 5. The second-order valence-electron chi connectivity index (χ2n) is 10.3. The van der Waals surface area contributed by atoms with E-state index in [-0.39, 0.29) is 18.0 Å². The van der Waals surface area contributed by atoms with Gasteiger partial charge in [-0.05, 0) is 70.1 Å². The third kappa shape index (κ3) is 4.90. The van der Waals surface area contributed by atoms with Crippen LogP contribution in [0.25, 0.3) is 22.2 Å². The van der Waals surface area contributed by atoms with E-state index in [1.54, 1.807) is 0 Å². The van der Waals surface area contributed by atoms with Gasteiger partial charge in [-0.2, -0.15) is 0 Å². The summed E-state index contributed by atoms with van der Waals surface area (Å²) in [6.45, 7) is 9.91. The molecule has 0 spiro atoms. The standard InChI is InChI=1S/C31H32N2O3S/c1-17(2)36-31(35)27-23-15-12-19(4)16-25(23)37-30(27)33-29(34)26-20(5)28(21-13-10-18(3)11-14-21)32-24-9-7-6-8-22(24)26/h6-11,13-14,17,19H,12,15-16H2,1-5H3,(H,33,34). The number of nitrogens with zero attached hydrogens (tertiary/aromatic N) is 1. The van der Waals surface area contributed by atoms with E-state index in [2.05, 4.69) is 24.4 Å². The summed E-state index contributed by atoms with van der Waals surface area (Å²) < 4.78 is 5.60. The first-order valence-electron chi connectivity index (χ1n) is 12.9. The van der Waals surface area contributed by atoms with Crippen LogP contribution in [0.1, 0.15) is 69.5 Å². The number of ether oxygens (including phenoxy) is 1. The van der Waals surface area contributed by atoms with E-state index in [1.807, 2.05) is 64.1 Å². The van der Waals surface area contributed by atoms with E-state index in [0.717, 1.165) is 58.1 Å². The lowest BCUT2D eigenvalue weighted by atomic mass is 9.88. The van der Waals surface area contributed by atoms with Crippen molar-refractivity contribution in [2.45, 2.75) is 60.0 Å². The van der Waals surface area contributed by atoms with Gasteiger partial charge in [0, 0.05) is 15.8 Å². The number of amides is 1. The number of esters is 1. The predicted octanol–water partition coefficient (Wildman–Crippen LogP) is 7.52. The van der Waals surface area contributed by atoms with Crippen molar-refractivity contribution in [1.29, 1.82) is 0 Å². The number of hydrogen-bond acceptors (Lipinski definition) is 5. The topological polar surface area (TPSA) is 68.3 Å². The van der Waals surface area contributed by atoms with E-state index in [4.69, 9.17) is 9.72 Å². The Labute approximate surface area is 221 Å². The fraction of sp³-hybridized carbons (Fsp3) is 0.323. The van der Waals surface area contributed by atoms with Crippen molar-refractivity contribution in [2.75, 3.05) is 5.32 Å². The van der Waals surface area contributed by atoms with Crippen LogP contribution in [0.15, 0.2) is 48.5 Å². The zero-order valence-corrected chi connectivity index (χ0v) is 22.8. The normalized spacial score (nSPS) is 15.0. The maximum atomic E-state index is 14.0. The van der Waals surface area contributed by atoms with E-state index in [1.165, 1.54) is 16.2 Å². The molecule has 1 aliphatic carbocycles. The first-order valence-corrected chi connectivity index (χ1v) is 13.7. The molecule has 2 aromatic carbocycles. The molecule has 0 fully saturated rings. The number of aryl methyl sites for hydroxylation is 1. The largest absolute Gasteiger partial charge is 0.459 e. The van der Waals surface area contributed by atoms with Crippen molar-refractivity contribution in [2.24, 2.45) is 5.92 Å². The maximum absolute atomic E-state index is 14.0. The molecule has 1 N–H and O–H groups in total. The summed E-state index contributed by atoms with van der Waals surface area (Å²) in [5.74, 6) is -0.0594. The van der Waals surface area contributed by atoms with Crippen molar-refractivity contribution in [3.8, 4) is 11.3 Å². The molecular formula is C31H32N2O3S. The van der Waals surface area contributed by atoms with Crippen molar-refractivity contribution in [1.82, 2.24) is 4.98 Å². The van der Waals surface area contributed by atoms with Gasteiger partial charge in [-0.15, -0.1) is 11.3 Å². The van der Waals surface area contributed by atoms with Crippen LogP contribution in [0.4, 0.5) is 5.00 Å². The molecule has 1 aliphatic rings. The fourth-order valence-corrected chi connectivity index (χ4v) is 6.48. The third-order valence-corrected chi connectivity index (χ3v) is 8.14. The number of carbonyl (C=O) groups excluding carboxylic acids is 2. The van der Waals surface area contributed by atoms with Crippen LogP contribution in [-0.2, 0) is 17.6 Å². The van der Waals surface area contributed by atoms with Gasteiger partial charge in [0.25, 0.3) is 5.91 Å². The fourth-order valence-electron chi connectivity index (χ4n) is 5.09. The molecule has 5 rings (SSSR count). The minimum Gasteiger partial charge on any atom is -0.459 e. The molecule has 5 nitrogen and oxygen atoms in total. The van der Waals surface area contributed by atoms with Crippen LogP contribution in [-0.4, -0.2) is 23.0 Å². The number of fused-ring (bicyclic) bond motifs is 2. The molecule has 37 heavy (non-hydrogen) atoms. The lowest BCUT2D eigenvalue weighted by molar-refractivity contribution is 0.0378. The zero-order valence-electron chi connectivity index (χ0n) is 22.0. The summed E-state index contributed by atoms with van der Waals surface area (Å²) in [5, 5.41) is 4.49. The van der Waals surface area contributed by atoms with Crippen molar-refractivity contribution >= 4 is 39.1 Å². The molecule has 190 valence electrons. The lowest BCUT2D eigenvalue weighted by Crippen LogP contribution is -2.19. The smallest absolute Gasteiger partial charge is 0.341 e. The summed E-state index contributed by atoms with van der Waals surface area (Å²) in [6, 6.07) is 15.9. The number of aromatic nitrogens is 1. The molecule has 0 aliphatic heterocycles. The average molecular weight is 513 g/mol. The Morgan fingerprint density at radius 2 is 1.78 bits per heavy atom. The number of thiophene rings is 1. The highest BCUT2D eigenvalue weighted by Crippen LogP contribution is 2.41. The Hall–Kier alpha value is -3.51. The van der Waals surface area contributed by atoms with Gasteiger partial charge in [0.15, 0.2) is 0 Å². The van der Waals surface area contributed by atoms with Gasteiger partial charge in [0.2, 0.25) is 0 Å². The molecule has 0 saturated heterocycles. The molecule has 0 saturated carbocycles. The summed E-state index contributed by atoms with van der Waals surface area (Å²) in [4.78, 5) is 33.2. The summed E-state index contributed by atoms with van der Waals surface area (Å²) in [5.41, 5.74) is 6.59. The first-order chi connectivity index (χ1) is 17.7. The van der Waals surface area contributed by atoms with Crippen LogP contribution in [0.2, 0.25) is 0 Å². The van der Waals surface area contributed by atoms with Crippen LogP contribution < -0.4 is 5.32 Å². The van der Waals surface area contributed by atoms with Crippen LogP contribution in [0.3, 0.4) is 0 Å². The van der Waals surface area contributed by atoms with Gasteiger partial charge >= 0.3 is 5.97 Å². The van der Waals surface area contributed by atoms with Crippen LogP contribution >= 0.6 is 11.3 Å². The van der Waals surface area contributed by atoms with Gasteiger partial charge in [-0.3, -0.25) is 4.79 Å². The highest BCUT2D eigenvalue weighted by Gasteiger charge is 2.30. The van der Waals surface area contributed by atoms with E-state index < -0.39 is 0 Å². The number of carbonyl (C=O) groups is 2. The molecule has 1 amide bonds. The Bertz CT molecular complexity index is 1500. The number of benzene rings is 2. The Kier molecular flexibility index (Phi) is 6.86. The molecule has 6 heteroatoms. The second-order valence-corrected chi connectivity index (χ2v) is 11.4. The molecule has 0 radical (unpaired) electrons. The van der Waals surface area contributed by atoms with Gasteiger partial charge < -0.3 is 10.1 Å². The van der Waals surface area contributed by atoms with E-state index >= 15 is 0 Å². The lowest BCUT2D eigenvalue weighted by Gasteiger charge is -2.19. The molecule has 0 bridgehead atoms. The highest BCUT2D eigenvalue weighted by molar-refractivity contribution is 7.17. The van der Waals surface area contributed by atoms with E-state index in [9.17, 15) is 9.59 Å². The molecular weight excluding hydrogens is 480 g/mol. The van der Waals surface area contributed by atoms with Crippen LogP contribution in [0, 0.1) is 19.8 Å². The number of hydrogen-bond donors (Lipinski definition) is 1. The second kappa shape index (κ2) is 10.1. The van der Waals surface area contributed by atoms with Crippen LogP contribution in [0.5, 0.6) is 0 Å². The van der Waals surface area contributed by atoms with Gasteiger partial charge in [0.1, 0.15) is 5.00 Å². The maximum Gasteiger partial charge on any atom is 0.341 e. The molecule has 2 heterocycles. The number of anilines is 1. The molecule has 4 aromatic rings. The SMILES string of the molecule is Cc1ccc(-c2nc3ccccc3c(C(=O)Nc3sc4c(c3C(=O)OC(C)C)CCC(C)C4)c2C)cc1.